The van der Waals surface area contributed by atoms with Gasteiger partial charge in [0, 0.05) is 17.5 Å². The quantitative estimate of drug-likeness (QED) is 0.939. The summed E-state index contributed by atoms with van der Waals surface area (Å²) in [5.74, 6) is 0.143. The molecule has 0 aliphatic heterocycles. The lowest BCUT2D eigenvalue weighted by Crippen LogP contribution is -2.12. The summed E-state index contributed by atoms with van der Waals surface area (Å²) in [6.07, 6.45) is 1.14. The van der Waals surface area contributed by atoms with Crippen LogP contribution in [0.5, 0.6) is 0 Å². The summed E-state index contributed by atoms with van der Waals surface area (Å²) in [4.78, 5) is 12.4. The van der Waals surface area contributed by atoms with E-state index in [0.717, 1.165) is 11.8 Å². The van der Waals surface area contributed by atoms with Gasteiger partial charge in [0.1, 0.15) is 0 Å². The van der Waals surface area contributed by atoms with Crippen molar-refractivity contribution in [2.24, 2.45) is 0 Å². The van der Waals surface area contributed by atoms with Gasteiger partial charge in [-0.1, -0.05) is 32.0 Å². The van der Waals surface area contributed by atoms with Gasteiger partial charge in [-0.2, -0.15) is 0 Å². The molecule has 2 aromatic carbocycles. The van der Waals surface area contributed by atoms with Crippen LogP contribution in [0, 0.1) is 0 Å². The molecule has 0 spiro atoms. The Morgan fingerprint density at radius 2 is 1.68 bits per heavy atom. The lowest BCUT2D eigenvalue weighted by Gasteiger charge is -2.09. The molecule has 0 aromatic heterocycles. The van der Waals surface area contributed by atoms with E-state index >= 15 is 0 Å². The molecule has 4 nitrogen and oxygen atoms in total. The zero-order valence-electron chi connectivity index (χ0n) is 12.8. The maximum absolute atomic E-state index is 12.2. The van der Waals surface area contributed by atoms with Crippen molar-refractivity contribution >= 4 is 21.4 Å². The van der Waals surface area contributed by atoms with Gasteiger partial charge in [-0.3, -0.25) is 4.79 Å². The molecular weight excluding hydrogens is 298 g/mol. The fraction of sp³-hybridized carbons (Fsp3) is 0.235. The number of benzene rings is 2. The first kappa shape index (κ1) is 16.2. The molecule has 0 heterocycles. The van der Waals surface area contributed by atoms with Crippen LogP contribution >= 0.6 is 0 Å². The number of amides is 1. The van der Waals surface area contributed by atoms with Gasteiger partial charge in [-0.25, -0.2) is 8.42 Å². The maximum Gasteiger partial charge on any atom is 0.255 e. The molecule has 5 heteroatoms. The fourth-order valence-electron chi connectivity index (χ4n) is 2.03. The first-order chi connectivity index (χ1) is 10.3. The summed E-state index contributed by atoms with van der Waals surface area (Å²) in [5.41, 5.74) is 2.16. The predicted octanol–water partition coefficient (Wildman–Crippen LogP) is 3.47. The van der Waals surface area contributed by atoms with Gasteiger partial charge in [-0.05, 0) is 41.8 Å². The largest absolute Gasteiger partial charge is 0.322 e. The number of carbonyl (C=O) groups excluding carboxylic acids is 1. The highest BCUT2D eigenvalue weighted by Gasteiger charge is 2.10. The molecule has 0 aliphatic carbocycles. The number of hydrogen-bond donors (Lipinski definition) is 1. The van der Waals surface area contributed by atoms with Crippen LogP contribution in [-0.2, 0) is 9.84 Å². The van der Waals surface area contributed by atoms with E-state index in [1.54, 1.807) is 24.3 Å². The summed E-state index contributed by atoms with van der Waals surface area (Å²) in [6, 6.07) is 13.6. The summed E-state index contributed by atoms with van der Waals surface area (Å²) in [6.45, 7) is 4.18. The summed E-state index contributed by atoms with van der Waals surface area (Å²) in [7, 11) is -3.29. The molecule has 0 unspecified atom stereocenters. The molecule has 116 valence electrons. The van der Waals surface area contributed by atoms with Crippen LogP contribution in [0.4, 0.5) is 5.69 Å². The second-order valence-electron chi connectivity index (χ2n) is 5.53. The van der Waals surface area contributed by atoms with Crippen molar-refractivity contribution in [3.8, 4) is 0 Å². The number of sulfone groups is 1. The second kappa shape index (κ2) is 6.32. The van der Waals surface area contributed by atoms with Gasteiger partial charge in [0.15, 0.2) is 9.84 Å². The average Bonchev–Trinajstić information content (AvgIpc) is 2.46. The highest BCUT2D eigenvalue weighted by atomic mass is 32.2. The molecular formula is C17H19NO3S. The van der Waals surface area contributed by atoms with Gasteiger partial charge < -0.3 is 5.32 Å². The minimum atomic E-state index is -3.29. The van der Waals surface area contributed by atoms with Crippen LogP contribution in [0.2, 0.25) is 0 Å². The molecule has 0 saturated heterocycles. The zero-order chi connectivity index (χ0) is 16.3. The number of rotatable bonds is 4. The summed E-state index contributed by atoms with van der Waals surface area (Å²) < 4.78 is 23.1. The summed E-state index contributed by atoms with van der Waals surface area (Å²) in [5, 5.41) is 2.72. The third-order valence-electron chi connectivity index (χ3n) is 3.36. The number of nitrogens with one attached hydrogen (secondary N) is 1. The van der Waals surface area contributed by atoms with Crippen molar-refractivity contribution in [2.75, 3.05) is 11.6 Å². The third-order valence-corrected chi connectivity index (χ3v) is 4.47. The first-order valence-corrected chi connectivity index (χ1v) is 8.88. The third kappa shape index (κ3) is 3.95. The molecule has 0 radical (unpaired) electrons. The number of anilines is 1. The Labute approximate surface area is 131 Å². The molecule has 22 heavy (non-hydrogen) atoms. The highest BCUT2D eigenvalue weighted by Crippen LogP contribution is 2.18. The van der Waals surface area contributed by atoms with Crippen molar-refractivity contribution in [1.29, 1.82) is 0 Å². The van der Waals surface area contributed by atoms with E-state index < -0.39 is 9.84 Å². The second-order valence-corrected chi connectivity index (χ2v) is 7.55. The van der Waals surface area contributed by atoms with Crippen LogP contribution in [0.25, 0.3) is 0 Å². The summed E-state index contributed by atoms with van der Waals surface area (Å²) >= 11 is 0. The van der Waals surface area contributed by atoms with E-state index in [1.165, 1.54) is 12.1 Å². The molecule has 2 aromatic rings. The standard InChI is InChI=1S/C17H19NO3S/c1-12(2)13-7-9-14(10-8-13)17(19)18-15-5-4-6-16(11-15)22(3,20)21/h4-12H,1-3H3,(H,18,19). The Kier molecular flexibility index (Phi) is 4.66. The molecule has 0 saturated carbocycles. The van der Waals surface area contributed by atoms with E-state index in [2.05, 4.69) is 19.2 Å². The Hall–Kier alpha value is -2.14. The SMILES string of the molecule is CC(C)c1ccc(C(=O)Nc2cccc(S(C)(=O)=O)c2)cc1. The van der Waals surface area contributed by atoms with Crippen molar-refractivity contribution in [2.45, 2.75) is 24.7 Å². The van der Waals surface area contributed by atoms with Gasteiger partial charge in [0.05, 0.1) is 4.90 Å². The monoisotopic (exact) mass is 317 g/mol. The minimum absolute atomic E-state index is 0.181. The Morgan fingerprint density at radius 1 is 1.05 bits per heavy atom. The molecule has 0 aliphatic rings. The molecule has 0 atom stereocenters. The van der Waals surface area contributed by atoms with Gasteiger partial charge in [0.25, 0.3) is 5.91 Å². The van der Waals surface area contributed by atoms with E-state index in [-0.39, 0.29) is 10.8 Å². The average molecular weight is 317 g/mol. The topological polar surface area (TPSA) is 63.2 Å². The van der Waals surface area contributed by atoms with Crippen LogP contribution in [0.1, 0.15) is 35.7 Å². The minimum Gasteiger partial charge on any atom is -0.322 e. The molecule has 2 rings (SSSR count). The van der Waals surface area contributed by atoms with E-state index in [4.69, 9.17) is 0 Å². The van der Waals surface area contributed by atoms with Crippen molar-refractivity contribution in [3.63, 3.8) is 0 Å². The Balaban J connectivity index is 2.18. The van der Waals surface area contributed by atoms with Gasteiger partial charge in [-0.15, -0.1) is 0 Å². The lowest BCUT2D eigenvalue weighted by molar-refractivity contribution is 0.102. The van der Waals surface area contributed by atoms with Crippen LogP contribution in [0.15, 0.2) is 53.4 Å². The van der Waals surface area contributed by atoms with Crippen LogP contribution in [-0.4, -0.2) is 20.6 Å². The van der Waals surface area contributed by atoms with Crippen molar-refractivity contribution < 1.29 is 13.2 Å². The first-order valence-electron chi connectivity index (χ1n) is 6.99. The molecule has 0 fully saturated rings. The van der Waals surface area contributed by atoms with E-state index in [9.17, 15) is 13.2 Å². The number of hydrogen-bond acceptors (Lipinski definition) is 3. The zero-order valence-corrected chi connectivity index (χ0v) is 13.6. The van der Waals surface area contributed by atoms with Crippen LogP contribution in [0.3, 0.4) is 0 Å². The predicted molar refractivity (Wildman–Crippen MR) is 88.0 cm³/mol. The Morgan fingerprint density at radius 3 is 2.23 bits per heavy atom. The van der Waals surface area contributed by atoms with E-state index in [1.807, 2.05) is 12.1 Å². The van der Waals surface area contributed by atoms with Crippen molar-refractivity contribution in [1.82, 2.24) is 0 Å². The van der Waals surface area contributed by atoms with E-state index in [0.29, 0.717) is 17.2 Å². The smallest absolute Gasteiger partial charge is 0.255 e. The van der Waals surface area contributed by atoms with Crippen LogP contribution < -0.4 is 5.32 Å². The van der Waals surface area contributed by atoms with Gasteiger partial charge >= 0.3 is 0 Å². The van der Waals surface area contributed by atoms with Gasteiger partial charge in [0.2, 0.25) is 0 Å². The molecule has 0 bridgehead atoms. The molecule has 1 N–H and O–H groups in total. The normalized spacial score (nSPS) is 11.5. The fourth-order valence-corrected chi connectivity index (χ4v) is 2.69. The van der Waals surface area contributed by atoms with Crippen molar-refractivity contribution in [3.05, 3.63) is 59.7 Å². The Bertz CT molecular complexity index is 778. The number of carbonyl (C=O) groups is 1. The highest BCUT2D eigenvalue weighted by molar-refractivity contribution is 7.90. The maximum atomic E-state index is 12.2. The molecule has 1 amide bonds. The lowest BCUT2D eigenvalue weighted by atomic mass is 10.0.